The maximum absolute atomic E-state index is 12.0. The summed E-state index contributed by atoms with van der Waals surface area (Å²) in [4.78, 5) is 13.9. The molecule has 6 heteroatoms. The topological polar surface area (TPSA) is 64.8 Å². The zero-order valence-corrected chi connectivity index (χ0v) is 12.2. The molecule has 19 heavy (non-hydrogen) atoms. The number of likely N-dealkylation sites (tertiary alicyclic amines) is 1. The zero-order valence-electron chi connectivity index (χ0n) is 11.4. The number of ether oxygens (including phenoxy) is 2. The lowest BCUT2D eigenvalue weighted by Gasteiger charge is -2.23. The van der Waals surface area contributed by atoms with E-state index in [2.05, 4.69) is 0 Å². The number of amides is 1. The Morgan fingerprint density at radius 1 is 1.37 bits per heavy atom. The molecule has 0 spiro atoms. The van der Waals surface area contributed by atoms with Crippen LogP contribution in [-0.4, -0.2) is 55.9 Å². The van der Waals surface area contributed by atoms with Crippen molar-refractivity contribution >= 4 is 18.3 Å². The van der Waals surface area contributed by atoms with E-state index in [0.717, 1.165) is 38.8 Å². The summed E-state index contributed by atoms with van der Waals surface area (Å²) >= 11 is 0. The summed E-state index contributed by atoms with van der Waals surface area (Å²) in [6, 6.07) is 0.246. The summed E-state index contributed by atoms with van der Waals surface area (Å²) in [5.74, 6) is 0.176. The van der Waals surface area contributed by atoms with Crippen molar-refractivity contribution in [1.82, 2.24) is 4.90 Å². The average molecular weight is 293 g/mol. The average Bonchev–Trinajstić information content (AvgIpc) is 3.04. The third-order valence-corrected chi connectivity index (χ3v) is 3.76. The van der Waals surface area contributed by atoms with Gasteiger partial charge in [0.2, 0.25) is 5.91 Å². The maximum atomic E-state index is 12.0. The first-order valence-electron chi connectivity index (χ1n) is 7.00. The predicted octanol–water partition coefficient (Wildman–Crippen LogP) is 0.944. The summed E-state index contributed by atoms with van der Waals surface area (Å²) in [6.45, 7) is 3.38. The van der Waals surface area contributed by atoms with Gasteiger partial charge in [-0.2, -0.15) is 0 Å². The molecule has 0 aromatic carbocycles. The van der Waals surface area contributed by atoms with Crippen molar-refractivity contribution in [3.8, 4) is 0 Å². The van der Waals surface area contributed by atoms with Gasteiger partial charge in [0.15, 0.2) is 0 Å². The number of rotatable bonds is 6. The lowest BCUT2D eigenvalue weighted by atomic mass is 10.2. The van der Waals surface area contributed by atoms with Crippen LogP contribution in [0.1, 0.15) is 32.1 Å². The van der Waals surface area contributed by atoms with Crippen LogP contribution in [0.3, 0.4) is 0 Å². The van der Waals surface area contributed by atoms with Crippen LogP contribution in [0.15, 0.2) is 0 Å². The molecule has 1 amide bonds. The van der Waals surface area contributed by atoms with Crippen LogP contribution in [0.5, 0.6) is 0 Å². The molecule has 0 bridgehead atoms. The molecule has 0 aliphatic carbocycles. The van der Waals surface area contributed by atoms with Crippen molar-refractivity contribution in [3.05, 3.63) is 0 Å². The highest BCUT2D eigenvalue weighted by Crippen LogP contribution is 2.17. The highest BCUT2D eigenvalue weighted by Gasteiger charge is 2.27. The summed E-state index contributed by atoms with van der Waals surface area (Å²) in [5, 5.41) is 0. The minimum Gasteiger partial charge on any atom is -0.378 e. The van der Waals surface area contributed by atoms with Crippen LogP contribution in [0.2, 0.25) is 0 Å². The highest BCUT2D eigenvalue weighted by atomic mass is 35.5. The maximum Gasteiger partial charge on any atom is 0.225 e. The molecular weight excluding hydrogens is 268 g/mol. The lowest BCUT2D eigenvalue weighted by molar-refractivity contribution is -0.133. The Labute approximate surface area is 121 Å². The number of hydrogen-bond acceptors (Lipinski definition) is 4. The van der Waals surface area contributed by atoms with Crippen LogP contribution >= 0.6 is 12.4 Å². The Morgan fingerprint density at radius 3 is 2.89 bits per heavy atom. The molecule has 2 unspecified atom stereocenters. The molecule has 2 heterocycles. The normalized spacial score (nSPS) is 26.5. The summed E-state index contributed by atoms with van der Waals surface area (Å²) in [7, 11) is 0. The second kappa shape index (κ2) is 8.74. The van der Waals surface area contributed by atoms with Crippen LogP contribution in [0, 0.1) is 0 Å². The Balaban J connectivity index is 0.00000180. The standard InChI is InChI=1S/C13H24N2O3.ClH/c14-9-11-3-1-6-15(11)13(16)5-8-17-10-12-4-2-7-18-12;/h11-12H,1-10,14H2;1H. The van der Waals surface area contributed by atoms with Gasteiger partial charge in [-0.05, 0) is 25.7 Å². The molecule has 2 saturated heterocycles. The van der Waals surface area contributed by atoms with E-state index >= 15 is 0 Å². The second-order valence-electron chi connectivity index (χ2n) is 5.08. The quantitative estimate of drug-likeness (QED) is 0.740. The molecule has 0 radical (unpaired) electrons. The number of hydrogen-bond donors (Lipinski definition) is 1. The van der Waals surface area contributed by atoms with Crippen LogP contribution < -0.4 is 5.73 Å². The fourth-order valence-electron chi connectivity index (χ4n) is 2.70. The van der Waals surface area contributed by atoms with Crippen LogP contribution in [0.25, 0.3) is 0 Å². The van der Waals surface area contributed by atoms with E-state index in [1.54, 1.807) is 0 Å². The molecule has 2 atom stereocenters. The fourth-order valence-corrected chi connectivity index (χ4v) is 2.70. The van der Waals surface area contributed by atoms with E-state index in [1.165, 1.54) is 0 Å². The number of nitrogens with two attached hydrogens (primary N) is 1. The van der Waals surface area contributed by atoms with E-state index in [0.29, 0.717) is 26.2 Å². The number of carbonyl (C=O) groups excluding carboxylic acids is 1. The fraction of sp³-hybridized carbons (Fsp3) is 0.923. The highest BCUT2D eigenvalue weighted by molar-refractivity contribution is 5.85. The minimum atomic E-state index is 0. The summed E-state index contributed by atoms with van der Waals surface area (Å²) in [6.07, 6.45) is 5.02. The summed E-state index contributed by atoms with van der Waals surface area (Å²) < 4.78 is 11.0. The molecule has 2 rings (SSSR count). The number of carbonyl (C=O) groups is 1. The van der Waals surface area contributed by atoms with Crippen molar-refractivity contribution in [2.75, 3.05) is 32.9 Å². The first-order chi connectivity index (χ1) is 8.81. The molecule has 0 aromatic heterocycles. The van der Waals surface area contributed by atoms with Crippen LogP contribution in [-0.2, 0) is 14.3 Å². The first-order valence-corrected chi connectivity index (χ1v) is 7.00. The van der Waals surface area contributed by atoms with E-state index in [4.69, 9.17) is 15.2 Å². The van der Waals surface area contributed by atoms with Gasteiger partial charge in [0.05, 0.1) is 25.7 Å². The van der Waals surface area contributed by atoms with Crippen molar-refractivity contribution in [2.24, 2.45) is 5.73 Å². The third-order valence-electron chi connectivity index (χ3n) is 3.76. The van der Waals surface area contributed by atoms with Gasteiger partial charge in [0.1, 0.15) is 0 Å². The van der Waals surface area contributed by atoms with Gasteiger partial charge in [-0.3, -0.25) is 4.79 Å². The first kappa shape index (κ1) is 16.7. The van der Waals surface area contributed by atoms with E-state index in [9.17, 15) is 4.79 Å². The molecule has 2 N–H and O–H groups in total. The molecule has 0 aromatic rings. The molecule has 112 valence electrons. The van der Waals surface area contributed by atoms with Gasteiger partial charge in [-0.1, -0.05) is 0 Å². The van der Waals surface area contributed by atoms with Gasteiger partial charge in [-0.15, -0.1) is 12.4 Å². The zero-order chi connectivity index (χ0) is 12.8. The minimum absolute atomic E-state index is 0. The Kier molecular flexibility index (Phi) is 7.68. The molecule has 2 aliphatic heterocycles. The summed E-state index contributed by atoms with van der Waals surface area (Å²) in [5.41, 5.74) is 5.66. The van der Waals surface area contributed by atoms with Gasteiger partial charge < -0.3 is 20.1 Å². The Morgan fingerprint density at radius 2 is 2.21 bits per heavy atom. The Hall–Kier alpha value is -0.360. The van der Waals surface area contributed by atoms with Crippen LogP contribution in [0.4, 0.5) is 0 Å². The number of nitrogens with zero attached hydrogens (tertiary/aromatic N) is 1. The van der Waals surface area contributed by atoms with Gasteiger partial charge in [-0.25, -0.2) is 0 Å². The molecule has 0 saturated carbocycles. The molecular formula is C13H25ClN2O3. The smallest absolute Gasteiger partial charge is 0.225 e. The van der Waals surface area contributed by atoms with E-state index in [1.807, 2.05) is 4.90 Å². The van der Waals surface area contributed by atoms with Crippen molar-refractivity contribution in [2.45, 2.75) is 44.2 Å². The molecule has 5 nitrogen and oxygen atoms in total. The van der Waals surface area contributed by atoms with E-state index in [-0.39, 0.29) is 30.5 Å². The SMILES string of the molecule is Cl.NCC1CCCN1C(=O)CCOCC1CCCO1. The molecule has 2 fully saturated rings. The van der Waals surface area contributed by atoms with Crippen molar-refractivity contribution < 1.29 is 14.3 Å². The number of halogens is 1. The Bertz CT molecular complexity index is 273. The van der Waals surface area contributed by atoms with Crippen molar-refractivity contribution in [1.29, 1.82) is 0 Å². The van der Waals surface area contributed by atoms with Gasteiger partial charge in [0.25, 0.3) is 0 Å². The third kappa shape index (κ3) is 4.91. The molecule has 2 aliphatic rings. The monoisotopic (exact) mass is 292 g/mol. The second-order valence-corrected chi connectivity index (χ2v) is 5.08. The van der Waals surface area contributed by atoms with Gasteiger partial charge >= 0.3 is 0 Å². The van der Waals surface area contributed by atoms with Gasteiger partial charge in [0, 0.05) is 25.7 Å². The van der Waals surface area contributed by atoms with E-state index < -0.39 is 0 Å². The lowest BCUT2D eigenvalue weighted by Crippen LogP contribution is -2.40. The predicted molar refractivity (Wildman–Crippen MR) is 75.4 cm³/mol. The largest absolute Gasteiger partial charge is 0.378 e. The van der Waals surface area contributed by atoms with Crippen molar-refractivity contribution in [3.63, 3.8) is 0 Å².